The van der Waals surface area contributed by atoms with Gasteiger partial charge in [-0.15, -0.1) is 22.7 Å². The molecule has 0 saturated heterocycles. The van der Waals surface area contributed by atoms with E-state index < -0.39 is 0 Å². The first-order chi connectivity index (χ1) is 12.0. The Kier molecular flexibility index (Phi) is 5.59. The number of thiophene rings is 2. The molecule has 3 rings (SSSR count). The third-order valence-corrected chi connectivity index (χ3v) is 6.79. The summed E-state index contributed by atoms with van der Waals surface area (Å²) in [5.41, 5.74) is 1.88. The molecule has 134 valence electrons. The Balaban J connectivity index is 1.98. The average Bonchev–Trinajstić information content (AvgIpc) is 3.22. The third kappa shape index (κ3) is 3.65. The molecular formula is C19H24N2O2S2. The van der Waals surface area contributed by atoms with Crippen molar-refractivity contribution in [1.82, 2.24) is 4.90 Å². The molecule has 4 nitrogen and oxygen atoms in total. The van der Waals surface area contributed by atoms with Gasteiger partial charge in [0.2, 0.25) is 0 Å². The van der Waals surface area contributed by atoms with E-state index in [1.807, 2.05) is 36.3 Å². The van der Waals surface area contributed by atoms with Gasteiger partial charge in [0, 0.05) is 18.0 Å². The smallest absolute Gasteiger partial charge is 0.266 e. The van der Waals surface area contributed by atoms with E-state index in [4.69, 9.17) is 0 Å². The number of nitrogens with zero attached hydrogens (tertiary/aromatic N) is 1. The second kappa shape index (κ2) is 7.70. The minimum absolute atomic E-state index is 0.0403. The summed E-state index contributed by atoms with van der Waals surface area (Å²) in [6.45, 7) is 7.58. The summed E-state index contributed by atoms with van der Waals surface area (Å²) < 4.78 is 0. The lowest BCUT2D eigenvalue weighted by Gasteiger charge is -2.22. The summed E-state index contributed by atoms with van der Waals surface area (Å²) in [7, 11) is 0. The first-order valence-corrected chi connectivity index (χ1v) is 10.5. The topological polar surface area (TPSA) is 49.4 Å². The van der Waals surface area contributed by atoms with Crippen LogP contribution >= 0.6 is 22.7 Å². The lowest BCUT2D eigenvalue weighted by molar-refractivity contribution is 0.0773. The SMILES string of the molecule is CCN(CC)C(=O)c1c(NC(=O)c2cccs2)sc2c1CC[C@H](C)C2. The minimum atomic E-state index is -0.129. The molecule has 0 aromatic carbocycles. The molecule has 0 aliphatic heterocycles. The largest absolute Gasteiger partial charge is 0.339 e. The van der Waals surface area contributed by atoms with Crippen molar-refractivity contribution >= 4 is 39.5 Å². The van der Waals surface area contributed by atoms with Crippen LogP contribution in [-0.2, 0) is 12.8 Å². The van der Waals surface area contributed by atoms with Gasteiger partial charge in [0.15, 0.2) is 0 Å². The van der Waals surface area contributed by atoms with Crippen molar-refractivity contribution in [3.63, 3.8) is 0 Å². The average molecular weight is 377 g/mol. The molecular weight excluding hydrogens is 352 g/mol. The molecule has 6 heteroatoms. The highest BCUT2D eigenvalue weighted by molar-refractivity contribution is 7.17. The molecule has 0 unspecified atom stereocenters. The van der Waals surface area contributed by atoms with Gasteiger partial charge in [-0.3, -0.25) is 9.59 Å². The van der Waals surface area contributed by atoms with E-state index >= 15 is 0 Å². The summed E-state index contributed by atoms with van der Waals surface area (Å²) >= 11 is 3.00. The van der Waals surface area contributed by atoms with Gasteiger partial charge in [-0.2, -0.15) is 0 Å². The fourth-order valence-corrected chi connectivity index (χ4v) is 5.32. The van der Waals surface area contributed by atoms with Crippen LogP contribution < -0.4 is 5.32 Å². The van der Waals surface area contributed by atoms with Crippen molar-refractivity contribution in [2.24, 2.45) is 5.92 Å². The van der Waals surface area contributed by atoms with Crippen LogP contribution in [0.25, 0.3) is 0 Å². The molecule has 1 N–H and O–H groups in total. The first-order valence-electron chi connectivity index (χ1n) is 8.83. The molecule has 2 aromatic heterocycles. The van der Waals surface area contributed by atoms with Crippen LogP contribution in [0.5, 0.6) is 0 Å². The fourth-order valence-electron chi connectivity index (χ4n) is 3.31. The van der Waals surface area contributed by atoms with Crippen LogP contribution in [0, 0.1) is 5.92 Å². The Labute approximate surface area is 156 Å². The van der Waals surface area contributed by atoms with E-state index in [2.05, 4.69) is 12.2 Å². The predicted molar refractivity (Wildman–Crippen MR) is 105 cm³/mol. The van der Waals surface area contributed by atoms with Gasteiger partial charge in [0.05, 0.1) is 10.4 Å². The lowest BCUT2D eigenvalue weighted by Crippen LogP contribution is -2.32. The Morgan fingerprint density at radius 3 is 2.72 bits per heavy atom. The van der Waals surface area contributed by atoms with Gasteiger partial charge in [-0.1, -0.05) is 13.0 Å². The summed E-state index contributed by atoms with van der Waals surface area (Å²) in [5.74, 6) is 0.539. The zero-order valence-electron chi connectivity index (χ0n) is 14.9. The summed E-state index contributed by atoms with van der Waals surface area (Å²) in [5, 5.41) is 5.62. The maximum atomic E-state index is 13.1. The van der Waals surface area contributed by atoms with Gasteiger partial charge in [-0.25, -0.2) is 0 Å². The normalized spacial score (nSPS) is 16.4. The number of rotatable bonds is 5. The van der Waals surface area contributed by atoms with Crippen molar-refractivity contribution in [3.8, 4) is 0 Å². The van der Waals surface area contributed by atoms with Crippen molar-refractivity contribution in [3.05, 3.63) is 38.4 Å². The van der Waals surface area contributed by atoms with Gasteiger partial charge in [0.25, 0.3) is 11.8 Å². The molecule has 0 bridgehead atoms. The standard InChI is InChI=1S/C19H24N2O2S2/c1-4-21(5-2)19(23)16-13-9-8-12(3)11-15(13)25-18(16)20-17(22)14-7-6-10-24-14/h6-7,10,12H,4-5,8-9,11H2,1-3H3,(H,20,22)/t12-/m0/s1. The van der Waals surface area contributed by atoms with E-state index in [1.54, 1.807) is 11.3 Å². The number of nitrogens with one attached hydrogen (secondary N) is 1. The zero-order chi connectivity index (χ0) is 18.0. The number of hydrogen-bond donors (Lipinski definition) is 1. The number of hydrogen-bond acceptors (Lipinski definition) is 4. The number of carbonyl (C=O) groups excluding carboxylic acids is 2. The van der Waals surface area contributed by atoms with Crippen LogP contribution in [0.2, 0.25) is 0 Å². The molecule has 0 fully saturated rings. The molecule has 2 amide bonds. The lowest BCUT2D eigenvalue weighted by atomic mass is 9.88. The Morgan fingerprint density at radius 1 is 1.32 bits per heavy atom. The Bertz CT molecular complexity index is 761. The maximum absolute atomic E-state index is 13.1. The number of amides is 2. The number of anilines is 1. The van der Waals surface area contributed by atoms with Crippen molar-refractivity contribution in [2.75, 3.05) is 18.4 Å². The Morgan fingerprint density at radius 2 is 2.08 bits per heavy atom. The van der Waals surface area contributed by atoms with Crippen molar-refractivity contribution in [1.29, 1.82) is 0 Å². The van der Waals surface area contributed by atoms with Crippen molar-refractivity contribution in [2.45, 2.75) is 40.0 Å². The third-order valence-electron chi connectivity index (χ3n) is 4.75. The molecule has 25 heavy (non-hydrogen) atoms. The molecule has 0 saturated carbocycles. The molecule has 0 radical (unpaired) electrons. The van der Waals surface area contributed by atoms with Crippen LogP contribution in [0.15, 0.2) is 17.5 Å². The fraction of sp³-hybridized carbons (Fsp3) is 0.474. The van der Waals surface area contributed by atoms with Gasteiger partial charge in [0.1, 0.15) is 5.00 Å². The highest BCUT2D eigenvalue weighted by Gasteiger charge is 2.30. The molecule has 1 aliphatic rings. The summed E-state index contributed by atoms with van der Waals surface area (Å²) in [6.07, 6.45) is 3.01. The van der Waals surface area contributed by atoms with Gasteiger partial charge >= 0.3 is 0 Å². The van der Waals surface area contributed by atoms with Gasteiger partial charge in [-0.05, 0) is 56.0 Å². The second-order valence-electron chi connectivity index (χ2n) is 6.46. The predicted octanol–water partition coefficient (Wildman–Crippen LogP) is 4.67. The van der Waals surface area contributed by atoms with Crippen LogP contribution in [0.3, 0.4) is 0 Å². The quantitative estimate of drug-likeness (QED) is 0.824. The Hall–Kier alpha value is -1.66. The van der Waals surface area contributed by atoms with Gasteiger partial charge < -0.3 is 10.2 Å². The van der Waals surface area contributed by atoms with Crippen molar-refractivity contribution < 1.29 is 9.59 Å². The molecule has 1 aliphatic carbocycles. The monoisotopic (exact) mass is 376 g/mol. The highest BCUT2D eigenvalue weighted by atomic mass is 32.1. The number of carbonyl (C=O) groups is 2. The summed E-state index contributed by atoms with van der Waals surface area (Å²) in [4.78, 5) is 29.4. The van der Waals surface area contributed by atoms with E-state index in [-0.39, 0.29) is 11.8 Å². The minimum Gasteiger partial charge on any atom is -0.339 e. The highest BCUT2D eigenvalue weighted by Crippen LogP contribution is 2.40. The van der Waals surface area contributed by atoms with Crippen LogP contribution in [-0.4, -0.2) is 29.8 Å². The zero-order valence-corrected chi connectivity index (χ0v) is 16.6. The van der Waals surface area contributed by atoms with Crippen LogP contribution in [0.1, 0.15) is 57.7 Å². The van der Waals surface area contributed by atoms with E-state index in [9.17, 15) is 9.59 Å². The van der Waals surface area contributed by atoms with E-state index in [0.29, 0.717) is 23.9 Å². The molecule has 2 aromatic rings. The maximum Gasteiger partial charge on any atom is 0.266 e. The molecule has 1 atom stereocenters. The second-order valence-corrected chi connectivity index (χ2v) is 8.52. The first kappa shape index (κ1) is 18.1. The number of fused-ring (bicyclic) bond motifs is 1. The molecule has 2 heterocycles. The van der Waals surface area contributed by atoms with E-state index in [0.717, 1.165) is 35.4 Å². The summed E-state index contributed by atoms with van der Waals surface area (Å²) in [6, 6.07) is 3.67. The molecule has 0 spiro atoms. The van der Waals surface area contributed by atoms with E-state index in [1.165, 1.54) is 16.2 Å². The van der Waals surface area contributed by atoms with Crippen LogP contribution in [0.4, 0.5) is 5.00 Å².